The van der Waals surface area contributed by atoms with Crippen LogP contribution in [0, 0.1) is 0 Å². The van der Waals surface area contributed by atoms with E-state index in [1.54, 1.807) is 0 Å². The first kappa shape index (κ1) is 14.0. The van der Waals surface area contributed by atoms with Crippen LogP contribution in [0.5, 0.6) is 5.75 Å². The highest BCUT2D eigenvalue weighted by atomic mass is 16.5. The number of unbranched alkanes of at least 4 members (excludes halogenated alkanes) is 2. The minimum atomic E-state index is 0.133. The molecule has 0 atom stereocenters. The molecule has 2 heteroatoms. The van der Waals surface area contributed by atoms with Crippen LogP contribution in [0.1, 0.15) is 45.6 Å². The van der Waals surface area contributed by atoms with E-state index in [1.165, 1.54) is 5.56 Å². The van der Waals surface area contributed by atoms with Crippen molar-refractivity contribution in [1.82, 2.24) is 0 Å². The van der Waals surface area contributed by atoms with E-state index in [1.807, 2.05) is 6.07 Å². The molecule has 0 heterocycles. The van der Waals surface area contributed by atoms with Crippen molar-refractivity contribution in [3.63, 3.8) is 0 Å². The normalized spacial score (nSPS) is 11.5. The summed E-state index contributed by atoms with van der Waals surface area (Å²) in [5.74, 6) is 1.02. The van der Waals surface area contributed by atoms with Crippen molar-refractivity contribution in [3.05, 3.63) is 29.8 Å². The highest BCUT2D eigenvalue weighted by Gasteiger charge is 2.17. The fourth-order valence-corrected chi connectivity index (χ4v) is 1.82. The lowest BCUT2D eigenvalue weighted by molar-refractivity contribution is 0.298. The number of rotatable bonds is 6. The van der Waals surface area contributed by atoms with Crippen LogP contribution in [0.3, 0.4) is 0 Å². The maximum atomic E-state index is 5.87. The van der Waals surface area contributed by atoms with Crippen LogP contribution in [-0.4, -0.2) is 13.2 Å². The standard InChI is InChI=1S/C15H25NO/c1-15(2,3)13-9-5-6-10-14(13)17-12-8-4-7-11-16/h5-6,9-10H,4,7-8,11-12,16H2,1-3H3. The zero-order chi connectivity index (χ0) is 12.7. The first-order valence-electron chi connectivity index (χ1n) is 6.48. The fourth-order valence-electron chi connectivity index (χ4n) is 1.82. The van der Waals surface area contributed by atoms with E-state index >= 15 is 0 Å². The molecule has 96 valence electrons. The van der Waals surface area contributed by atoms with Crippen LogP contribution < -0.4 is 10.5 Å². The van der Waals surface area contributed by atoms with Gasteiger partial charge in [0.1, 0.15) is 5.75 Å². The molecule has 0 bridgehead atoms. The first-order valence-corrected chi connectivity index (χ1v) is 6.48. The molecule has 0 spiro atoms. The third-order valence-electron chi connectivity index (χ3n) is 2.80. The SMILES string of the molecule is CC(C)(C)c1ccccc1OCCCCCN. The van der Waals surface area contributed by atoms with Gasteiger partial charge in [-0.2, -0.15) is 0 Å². The lowest BCUT2D eigenvalue weighted by Crippen LogP contribution is -2.13. The van der Waals surface area contributed by atoms with E-state index in [0.29, 0.717) is 0 Å². The van der Waals surface area contributed by atoms with Crippen LogP contribution in [0.25, 0.3) is 0 Å². The Morgan fingerprint density at radius 2 is 1.76 bits per heavy atom. The molecule has 2 nitrogen and oxygen atoms in total. The molecule has 1 aromatic rings. The lowest BCUT2D eigenvalue weighted by Gasteiger charge is -2.22. The van der Waals surface area contributed by atoms with Crippen LogP contribution in [-0.2, 0) is 5.41 Å². The molecule has 1 rings (SSSR count). The van der Waals surface area contributed by atoms with Crippen LogP contribution in [0.4, 0.5) is 0 Å². The average Bonchev–Trinajstić information content (AvgIpc) is 2.28. The van der Waals surface area contributed by atoms with E-state index in [0.717, 1.165) is 38.2 Å². The monoisotopic (exact) mass is 235 g/mol. The Balaban J connectivity index is 2.53. The third-order valence-corrected chi connectivity index (χ3v) is 2.80. The van der Waals surface area contributed by atoms with Crippen LogP contribution >= 0.6 is 0 Å². The second kappa shape index (κ2) is 6.65. The summed E-state index contributed by atoms with van der Waals surface area (Å²) in [6, 6.07) is 8.31. The number of hydrogen-bond acceptors (Lipinski definition) is 2. The molecular weight excluding hydrogens is 210 g/mol. The highest BCUT2D eigenvalue weighted by Crippen LogP contribution is 2.30. The zero-order valence-electron chi connectivity index (χ0n) is 11.3. The van der Waals surface area contributed by atoms with Gasteiger partial charge in [0, 0.05) is 0 Å². The summed E-state index contributed by atoms with van der Waals surface area (Å²) < 4.78 is 5.87. The molecule has 0 fully saturated rings. The van der Waals surface area contributed by atoms with Gasteiger partial charge in [0.2, 0.25) is 0 Å². The quantitative estimate of drug-likeness (QED) is 0.766. The summed E-state index contributed by atoms with van der Waals surface area (Å²) in [6.45, 7) is 8.20. The van der Waals surface area contributed by atoms with Gasteiger partial charge in [0.05, 0.1) is 6.61 Å². The van der Waals surface area contributed by atoms with Gasteiger partial charge >= 0.3 is 0 Å². The van der Waals surface area contributed by atoms with E-state index in [4.69, 9.17) is 10.5 Å². The average molecular weight is 235 g/mol. The van der Waals surface area contributed by atoms with E-state index in [9.17, 15) is 0 Å². The number of hydrogen-bond donors (Lipinski definition) is 1. The largest absolute Gasteiger partial charge is 0.493 e. The van der Waals surface area contributed by atoms with Gasteiger partial charge in [0.15, 0.2) is 0 Å². The summed E-state index contributed by atoms with van der Waals surface area (Å²) in [7, 11) is 0. The molecule has 17 heavy (non-hydrogen) atoms. The Hall–Kier alpha value is -1.02. The van der Waals surface area contributed by atoms with E-state index in [2.05, 4.69) is 39.0 Å². The van der Waals surface area contributed by atoms with Gasteiger partial charge in [-0.05, 0) is 42.9 Å². The smallest absolute Gasteiger partial charge is 0.123 e. The Kier molecular flexibility index (Phi) is 5.49. The van der Waals surface area contributed by atoms with E-state index in [-0.39, 0.29) is 5.41 Å². The van der Waals surface area contributed by atoms with Crippen molar-refractivity contribution in [3.8, 4) is 5.75 Å². The summed E-state index contributed by atoms with van der Waals surface area (Å²) in [5.41, 5.74) is 6.87. The number of ether oxygens (including phenoxy) is 1. The maximum Gasteiger partial charge on any atom is 0.123 e. The van der Waals surface area contributed by atoms with Gasteiger partial charge < -0.3 is 10.5 Å². The summed E-state index contributed by atoms with van der Waals surface area (Å²) in [4.78, 5) is 0. The minimum absolute atomic E-state index is 0.133. The Bertz CT molecular complexity index is 328. The van der Waals surface area contributed by atoms with Crippen molar-refractivity contribution in [2.75, 3.05) is 13.2 Å². The fraction of sp³-hybridized carbons (Fsp3) is 0.600. The van der Waals surface area contributed by atoms with Crippen molar-refractivity contribution in [1.29, 1.82) is 0 Å². The van der Waals surface area contributed by atoms with Crippen molar-refractivity contribution < 1.29 is 4.74 Å². The topological polar surface area (TPSA) is 35.2 Å². The molecule has 0 saturated heterocycles. The van der Waals surface area contributed by atoms with Crippen molar-refractivity contribution >= 4 is 0 Å². The second-order valence-corrected chi connectivity index (χ2v) is 5.44. The predicted octanol–water partition coefficient (Wildman–Crippen LogP) is 3.49. The molecule has 0 amide bonds. The molecule has 0 radical (unpaired) electrons. The van der Waals surface area contributed by atoms with Crippen LogP contribution in [0.2, 0.25) is 0 Å². The van der Waals surface area contributed by atoms with Gasteiger partial charge in [-0.15, -0.1) is 0 Å². The maximum absolute atomic E-state index is 5.87. The Morgan fingerprint density at radius 1 is 1.06 bits per heavy atom. The first-order chi connectivity index (χ1) is 8.05. The van der Waals surface area contributed by atoms with Gasteiger partial charge in [-0.1, -0.05) is 39.0 Å². The summed E-state index contributed by atoms with van der Waals surface area (Å²) in [5, 5.41) is 0. The van der Waals surface area contributed by atoms with Crippen molar-refractivity contribution in [2.24, 2.45) is 5.73 Å². The van der Waals surface area contributed by atoms with Gasteiger partial charge in [-0.25, -0.2) is 0 Å². The summed E-state index contributed by atoms with van der Waals surface area (Å²) >= 11 is 0. The molecule has 0 aliphatic carbocycles. The molecule has 0 aliphatic heterocycles. The zero-order valence-corrected chi connectivity index (χ0v) is 11.3. The second-order valence-electron chi connectivity index (χ2n) is 5.44. The number of para-hydroxylation sites is 1. The predicted molar refractivity (Wildman–Crippen MR) is 73.5 cm³/mol. The van der Waals surface area contributed by atoms with Gasteiger partial charge in [-0.3, -0.25) is 0 Å². The number of nitrogens with two attached hydrogens (primary N) is 1. The third kappa shape index (κ3) is 4.78. The molecule has 2 N–H and O–H groups in total. The number of benzene rings is 1. The van der Waals surface area contributed by atoms with Crippen molar-refractivity contribution in [2.45, 2.75) is 45.4 Å². The van der Waals surface area contributed by atoms with E-state index < -0.39 is 0 Å². The van der Waals surface area contributed by atoms with Crippen LogP contribution in [0.15, 0.2) is 24.3 Å². The summed E-state index contributed by atoms with van der Waals surface area (Å²) in [6.07, 6.45) is 3.31. The molecule has 0 unspecified atom stereocenters. The lowest BCUT2D eigenvalue weighted by atomic mass is 9.86. The molecule has 0 aliphatic rings. The molecule has 0 aromatic heterocycles. The minimum Gasteiger partial charge on any atom is -0.493 e. The highest BCUT2D eigenvalue weighted by molar-refractivity contribution is 5.38. The molecule has 0 saturated carbocycles. The van der Waals surface area contributed by atoms with Gasteiger partial charge in [0.25, 0.3) is 0 Å². The molecule has 1 aromatic carbocycles. The Labute approximate surface area is 105 Å². The Morgan fingerprint density at radius 3 is 2.41 bits per heavy atom. The molecular formula is C15H25NO.